The van der Waals surface area contributed by atoms with Crippen LogP contribution in [0.25, 0.3) is 0 Å². The molecule has 2 aromatic rings. The van der Waals surface area contributed by atoms with Gasteiger partial charge in [0.2, 0.25) is 5.91 Å². The fourth-order valence-corrected chi connectivity index (χ4v) is 3.16. The van der Waals surface area contributed by atoms with E-state index in [1.807, 2.05) is 37.3 Å². The molecule has 0 aliphatic carbocycles. The minimum atomic E-state index is -0.0413. The largest absolute Gasteiger partial charge is 0.497 e. The van der Waals surface area contributed by atoms with Crippen LogP contribution < -0.4 is 10.1 Å². The Morgan fingerprint density at radius 3 is 2.96 bits per heavy atom. The maximum absolute atomic E-state index is 12.3. The molecule has 1 atom stereocenters. The molecule has 0 bridgehead atoms. The lowest BCUT2D eigenvalue weighted by atomic mass is 9.96. The van der Waals surface area contributed by atoms with E-state index >= 15 is 0 Å². The molecule has 1 aromatic carbocycles. The molecule has 1 aliphatic rings. The van der Waals surface area contributed by atoms with Crippen LogP contribution in [0, 0.1) is 0 Å². The Morgan fingerprint density at radius 1 is 1.40 bits per heavy atom. The van der Waals surface area contributed by atoms with Gasteiger partial charge in [-0.05, 0) is 36.5 Å². The van der Waals surface area contributed by atoms with Crippen molar-refractivity contribution in [2.45, 2.75) is 38.0 Å². The Morgan fingerprint density at radius 2 is 2.20 bits per heavy atom. The van der Waals surface area contributed by atoms with Crippen molar-refractivity contribution in [1.29, 1.82) is 0 Å². The predicted molar refractivity (Wildman–Crippen MR) is 96.0 cm³/mol. The zero-order chi connectivity index (χ0) is 17.6. The molecule has 2 heterocycles. The van der Waals surface area contributed by atoms with Crippen molar-refractivity contribution in [3.63, 3.8) is 0 Å². The van der Waals surface area contributed by atoms with Crippen LogP contribution in [0.1, 0.15) is 49.3 Å². The van der Waals surface area contributed by atoms with Gasteiger partial charge in [0.05, 0.1) is 7.11 Å². The van der Waals surface area contributed by atoms with Crippen LogP contribution in [0.3, 0.4) is 0 Å². The third kappa shape index (κ3) is 4.60. The first kappa shape index (κ1) is 17.5. The first-order chi connectivity index (χ1) is 12.2. The number of hydrogen-bond donors (Lipinski definition) is 2. The van der Waals surface area contributed by atoms with Crippen molar-refractivity contribution >= 4 is 11.7 Å². The molecular formula is C19H25N3O3. The summed E-state index contributed by atoms with van der Waals surface area (Å²) in [6.07, 6.45) is 2.37. The van der Waals surface area contributed by atoms with Gasteiger partial charge in [0.25, 0.3) is 0 Å². The quantitative estimate of drug-likeness (QED) is 0.842. The summed E-state index contributed by atoms with van der Waals surface area (Å²) in [5, 5.41) is 10.2. The molecular weight excluding hydrogens is 318 g/mol. The molecule has 25 heavy (non-hydrogen) atoms. The van der Waals surface area contributed by atoms with Crippen molar-refractivity contribution in [2.24, 2.45) is 0 Å². The zero-order valence-corrected chi connectivity index (χ0v) is 14.7. The fourth-order valence-electron chi connectivity index (χ4n) is 3.16. The van der Waals surface area contributed by atoms with Crippen LogP contribution >= 0.6 is 0 Å². The second kappa shape index (κ2) is 8.16. The number of carbonyl (C=O) groups is 1. The fraction of sp³-hybridized carbons (Fsp3) is 0.474. The van der Waals surface area contributed by atoms with Gasteiger partial charge in [-0.15, -0.1) is 0 Å². The monoisotopic (exact) mass is 343 g/mol. The average Bonchev–Trinajstić information content (AvgIpc) is 3.10. The van der Waals surface area contributed by atoms with E-state index in [0.29, 0.717) is 18.2 Å². The number of nitrogens with zero attached hydrogens (tertiary/aromatic N) is 1. The second-order valence-electron chi connectivity index (χ2n) is 6.53. The summed E-state index contributed by atoms with van der Waals surface area (Å²) in [6, 6.07) is 9.76. The van der Waals surface area contributed by atoms with Crippen molar-refractivity contribution in [1.82, 2.24) is 10.2 Å². The molecule has 1 saturated heterocycles. The third-order valence-electron chi connectivity index (χ3n) is 4.68. The molecule has 0 saturated carbocycles. The topological polar surface area (TPSA) is 76.2 Å². The summed E-state index contributed by atoms with van der Waals surface area (Å²) < 4.78 is 10.6. The van der Waals surface area contributed by atoms with Crippen molar-refractivity contribution in [3.8, 4) is 5.75 Å². The van der Waals surface area contributed by atoms with Crippen molar-refractivity contribution in [2.75, 3.05) is 25.6 Å². The molecule has 2 N–H and O–H groups in total. The number of H-pyrrole nitrogens is 1. The van der Waals surface area contributed by atoms with Crippen molar-refractivity contribution < 1.29 is 14.3 Å². The number of aromatic nitrogens is 2. The number of rotatable bonds is 6. The highest BCUT2D eigenvalue weighted by molar-refractivity contribution is 5.90. The Balaban J connectivity index is 1.56. The summed E-state index contributed by atoms with van der Waals surface area (Å²) in [7, 11) is 1.64. The van der Waals surface area contributed by atoms with E-state index in [2.05, 4.69) is 15.5 Å². The molecule has 3 rings (SSSR count). The number of hydrogen-bond acceptors (Lipinski definition) is 4. The summed E-state index contributed by atoms with van der Waals surface area (Å²) in [5.74, 6) is 1.88. The van der Waals surface area contributed by atoms with Gasteiger partial charge in [0.15, 0.2) is 5.82 Å². The van der Waals surface area contributed by atoms with E-state index in [9.17, 15) is 4.79 Å². The van der Waals surface area contributed by atoms with Gasteiger partial charge >= 0.3 is 0 Å². The Hall–Kier alpha value is -2.34. The van der Waals surface area contributed by atoms with Crippen LogP contribution in [0.4, 0.5) is 5.82 Å². The summed E-state index contributed by atoms with van der Waals surface area (Å²) in [6.45, 7) is 3.60. The maximum atomic E-state index is 12.3. The second-order valence-corrected chi connectivity index (χ2v) is 6.53. The molecule has 0 radical (unpaired) electrons. The van der Waals surface area contributed by atoms with Gasteiger partial charge in [0.1, 0.15) is 5.75 Å². The van der Waals surface area contributed by atoms with E-state index in [4.69, 9.17) is 9.47 Å². The van der Waals surface area contributed by atoms with Gasteiger partial charge in [-0.2, -0.15) is 5.10 Å². The van der Waals surface area contributed by atoms with Crippen LogP contribution in [0.5, 0.6) is 5.75 Å². The maximum Gasteiger partial charge on any atom is 0.226 e. The summed E-state index contributed by atoms with van der Waals surface area (Å²) in [5.41, 5.74) is 2.15. The van der Waals surface area contributed by atoms with Gasteiger partial charge in [-0.3, -0.25) is 9.89 Å². The standard InChI is InChI=1S/C19H25N3O3/c1-13(15-4-3-5-16(11-15)24-2)10-19(23)20-18-12-17(21-22-18)14-6-8-25-9-7-14/h3-5,11-14H,6-10H2,1-2H3,(H2,20,21,22,23)/t13-/m1/s1. The molecule has 134 valence electrons. The number of amides is 1. The lowest BCUT2D eigenvalue weighted by molar-refractivity contribution is -0.116. The number of ether oxygens (including phenoxy) is 2. The normalized spacial score (nSPS) is 16.4. The lowest BCUT2D eigenvalue weighted by Gasteiger charge is -2.20. The smallest absolute Gasteiger partial charge is 0.226 e. The van der Waals surface area contributed by atoms with E-state index < -0.39 is 0 Å². The number of anilines is 1. The summed E-state index contributed by atoms with van der Waals surface area (Å²) >= 11 is 0. The van der Waals surface area contributed by atoms with Crippen LogP contribution in [-0.4, -0.2) is 36.4 Å². The number of aromatic amines is 1. The molecule has 1 aromatic heterocycles. The Kier molecular flexibility index (Phi) is 5.71. The van der Waals surface area contributed by atoms with E-state index in [-0.39, 0.29) is 11.8 Å². The van der Waals surface area contributed by atoms with E-state index in [0.717, 1.165) is 43.1 Å². The van der Waals surface area contributed by atoms with Gasteiger partial charge in [-0.25, -0.2) is 0 Å². The summed E-state index contributed by atoms with van der Waals surface area (Å²) in [4.78, 5) is 12.3. The molecule has 1 aliphatic heterocycles. The molecule has 6 heteroatoms. The van der Waals surface area contributed by atoms with E-state index in [1.54, 1.807) is 7.11 Å². The van der Waals surface area contributed by atoms with Gasteiger partial charge in [0, 0.05) is 37.3 Å². The molecule has 0 spiro atoms. The highest BCUT2D eigenvalue weighted by atomic mass is 16.5. The minimum absolute atomic E-state index is 0.0413. The van der Waals surface area contributed by atoms with Crippen LogP contribution in [0.15, 0.2) is 30.3 Å². The molecule has 0 unspecified atom stereocenters. The number of nitrogens with one attached hydrogen (secondary N) is 2. The number of carbonyl (C=O) groups excluding carboxylic acids is 1. The number of methoxy groups -OCH3 is 1. The first-order valence-corrected chi connectivity index (χ1v) is 8.72. The average molecular weight is 343 g/mol. The van der Waals surface area contributed by atoms with Gasteiger partial charge in [-0.1, -0.05) is 19.1 Å². The van der Waals surface area contributed by atoms with Crippen LogP contribution in [0.2, 0.25) is 0 Å². The van der Waals surface area contributed by atoms with Crippen LogP contribution in [-0.2, 0) is 9.53 Å². The highest BCUT2D eigenvalue weighted by Crippen LogP contribution is 2.27. The highest BCUT2D eigenvalue weighted by Gasteiger charge is 2.19. The lowest BCUT2D eigenvalue weighted by Crippen LogP contribution is -2.15. The Labute approximate surface area is 147 Å². The third-order valence-corrected chi connectivity index (χ3v) is 4.68. The van der Waals surface area contributed by atoms with E-state index in [1.165, 1.54) is 0 Å². The molecule has 6 nitrogen and oxygen atoms in total. The zero-order valence-electron chi connectivity index (χ0n) is 14.7. The minimum Gasteiger partial charge on any atom is -0.497 e. The predicted octanol–water partition coefficient (Wildman–Crippen LogP) is 3.44. The number of benzene rings is 1. The molecule has 1 fully saturated rings. The SMILES string of the molecule is COc1cccc([C@H](C)CC(=O)Nc2cc(C3CCOCC3)[nH]n2)c1. The van der Waals surface area contributed by atoms with Gasteiger partial charge < -0.3 is 14.8 Å². The first-order valence-electron chi connectivity index (χ1n) is 8.72. The Bertz CT molecular complexity index is 707. The van der Waals surface area contributed by atoms with Crippen molar-refractivity contribution in [3.05, 3.63) is 41.6 Å². The molecule has 1 amide bonds.